The fourth-order valence-corrected chi connectivity index (χ4v) is 2.95. The molecule has 0 unspecified atom stereocenters. The summed E-state index contributed by atoms with van der Waals surface area (Å²) in [6, 6.07) is 11.8. The van der Waals surface area contributed by atoms with Crippen molar-refractivity contribution in [3.8, 4) is 11.5 Å². The van der Waals surface area contributed by atoms with Gasteiger partial charge in [-0.25, -0.2) is 9.97 Å². The number of benzene rings is 2. The van der Waals surface area contributed by atoms with Crippen LogP contribution in [-0.4, -0.2) is 36.1 Å². The monoisotopic (exact) mass is 390 g/mol. The quantitative estimate of drug-likeness (QED) is 0.599. The molecule has 0 radical (unpaired) electrons. The minimum Gasteiger partial charge on any atom is -0.493 e. The number of hydrogen-bond donors (Lipinski definition) is 2. The van der Waals surface area contributed by atoms with Crippen molar-refractivity contribution < 1.29 is 14.3 Å². The van der Waals surface area contributed by atoms with E-state index in [0.29, 0.717) is 23.4 Å². The topological polar surface area (TPSA) is 85.4 Å². The molecule has 0 aliphatic heterocycles. The van der Waals surface area contributed by atoms with Crippen molar-refractivity contribution in [3.63, 3.8) is 0 Å². The maximum atomic E-state index is 11.8. The van der Waals surface area contributed by atoms with Crippen molar-refractivity contribution in [2.24, 2.45) is 0 Å². The summed E-state index contributed by atoms with van der Waals surface area (Å²) in [4.78, 5) is 20.4. The second-order valence-electron chi connectivity index (χ2n) is 6.81. The first-order valence-electron chi connectivity index (χ1n) is 9.38. The molecule has 0 bridgehead atoms. The van der Waals surface area contributed by atoms with Crippen molar-refractivity contribution in [1.29, 1.82) is 0 Å². The van der Waals surface area contributed by atoms with Crippen LogP contribution < -0.4 is 20.1 Å². The highest BCUT2D eigenvalue weighted by molar-refractivity contribution is 5.93. The number of anilines is 2. The van der Waals surface area contributed by atoms with Crippen molar-refractivity contribution in [2.75, 3.05) is 19.5 Å². The Kier molecular flexibility index (Phi) is 5.29. The third-order valence-electron chi connectivity index (χ3n) is 4.66. The van der Waals surface area contributed by atoms with Gasteiger partial charge >= 0.3 is 0 Å². The number of carbonyl (C=O) groups excluding carboxylic acids is 1. The van der Waals surface area contributed by atoms with E-state index in [9.17, 15) is 4.79 Å². The molecule has 7 nitrogen and oxygen atoms in total. The third kappa shape index (κ3) is 4.45. The number of carbonyl (C=O) groups is 1. The largest absolute Gasteiger partial charge is 0.493 e. The van der Waals surface area contributed by atoms with Crippen molar-refractivity contribution in [1.82, 2.24) is 15.3 Å². The van der Waals surface area contributed by atoms with Crippen molar-refractivity contribution in [2.45, 2.75) is 18.9 Å². The summed E-state index contributed by atoms with van der Waals surface area (Å²) in [7, 11) is 3.19. The minimum atomic E-state index is -0.0495. The second kappa shape index (κ2) is 8.18. The SMILES string of the molecule is COc1cc2ncnc(Nc3ccc(/C=C/C(=O)NC4CC4)cc3)c2cc1OC. The van der Waals surface area contributed by atoms with E-state index >= 15 is 0 Å². The van der Waals surface area contributed by atoms with Crippen LogP contribution in [-0.2, 0) is 4.79 Å². The number of amides is 1. The molecule has 2 N–H and O–H groups in total. The van der Waals surface area contributed by atoms with Crippen LogP contribution in [0.2, 0.25) is 0 Å². The molecule has 1 amide bonds. The maximum Gasteiger partial charge on any atom is 0.244 e. The summed E-state index contributed by atoms with van der Waals surface area (Å²) >= 11 is 0. The zero-order chi connectivity index (χ0) is 20.2. The number of ether oxygens (including phenoxy) is 2. The van der Waals surface area contributed by atoms with Gasteiger partial charge in [-0.05, 0) is 42.7 Å². The normalized spacial score (nSPS) is 13.4. The van der Waals surface area contributed by atoms with Crippen LogP contribution in [0.3, 0.4) is 0 Å². The van der Waals surface area contributed by atoms with E-state index in [4.69, 9.17) is 9.47 Å². The van der Waals surface area contributed by atoms with Gasteiger partial charge < -0.3 is 20.1 Å². The Bertz CT molecular complexity index is 1060. The van der Waals surface area contributed by atoms with E-state index < -0.39 is 0 Å². The third-order valence-corrected chi connectivity index (χ3v) is 4.66. The van der Waals surface area contributed by atoms with Crippen LogP contribution in [0.25, 0.3) is 17.0 Å². The highest BCUT2D eigenvalue weighted by Crippen LogP contribution is 2.34. The number of methoxy groups -OCH3 is 2. The Balaban J connectivity index is 1.52. The minimum absolute atomic E-state index is 0.0495. The fourth-order valence-electron chi connectivity index (χ4n) is 2.95. The molecular weight excluding hydrogens is 368 g/mol. The van der Waals surface area contributed by atoms with Crippen LogP contribution in [0.1, 0.15) is 18.4 Å². The number of rotatable bonds is 7. The first-order chi connectivity index (χ1) is 14.2. The molecular formula is C22H22N4O3. The van der Waals surface area contributed by atoms with Crippen LogP contribution in [0.15, 0.2) is 48.8 Å². The van der Waals surface area contributed by atoms with Crippen LogP contribution in [0.4, 0.5) is 11.5 Å². The van der Waals surface area contributed by atoms with Gasteiger partial charge in [-0.15, -0.1) is 0 Å². The van der Waals surface area contributed by atoms with Crippen LogP contribution >= 0.6 is 0 Å². The molecule has 148 valence electrons. The van der Waals surface area contributed by atoms with Gasteiger partial charge in [0, 0.05) is 29.3 Å². The first kappa shape index (κ1) is 18.7. The molecule has 29 heavy (non-hydrogen) atoms. The lowest BCUT2D eigenvalue weighted by Gasteiger charge is -2.12. The van der Waals surface area contributed by atoms with Gasteiger partial charge in [-0.2, -0.15) is 0 Å². The number of nitrogens with zero attached hydrogens (tertiary/aromatic N) is 2. The standard InChI is InChI=1S/C22H22N4O3/c1-28-19-11-17-18(12-20(19)29-2)23-13-24-22(17)26-16-6-3-14(4-7-16)5-10-21(27)25-15-8-9-15/h3-7,10-13,15H,8-9H2,1-2H3,(H,25,27)(H,23,24,26)/b10-5+. The van der Waals surface area contributed by atoms with Gasteiger partial charge in [0.1, 0.15) is 12.1 Å². The predicted octanol–water partition coefficient (Wildman–Crippen LogP) is 3.68. The molecule has 1 saturated carbocycles. The summed E-state index contributed by atoms with van der Waals surface area (Å²) in [5.41, 5.74) is 2.57. The zero-order valence-corrected chi connectivity index (χ0v) is 16.3. The summed E-state index contributed by atoms with van der Waals surface area (Å²) < 4.78 is 10.7. The van der Waals surface area contributed by atoms with E-state index in [1.165, 1.54) is 6.33 Å². The molecule has 2 aromatic carbocycles. The lowest BCUT2D eigenvalue weighted by Crippen LogP contribution is -2.22. The molecule has 0 atom stereocenters. The lowest BCUT2D eigenvalue weighted by atomic mass is 10.1. The van der Waals surface area contributed by atoms with E-state index in [2.05, 4.69) is 20.6 Å². The lowest BCUT2D eigenvalue weighted by molar-refractivity contribution is -0.116. The highest BCUT2D eigenvalue weighted by Gasteiger charge is 2.22. The Labute approximate surface area is 168 Å². The molecule has 1 aliphatic carbocycles. The molecule has 1 aliphatic rings. The van der Waals surface area contributed by atoms with Gasteiger partial charge in [0.05, 0.1) is 19.7 Å². The zero-order valence-electron chi connectivity index (χ0n) is 16.3. The molecule has 1 fully saturated rings. The summed E-state index contributed by atoms with van der Waals surface area (Å²) in [5, 5.41) is 7.07. The van der Waals surface area contributed by atoms with E-state index in [-0.39, 0.29) is 5.91 Å². The second-order valence-corrected chi connectivity index (χ2v) is 6.81. The maximum absolute atomic E-state index is 11.8. The Morgan fingerprint density at radius 1 is 1.07 bits per heavy atom. The molecule has 7 heteroatoms. The molecule has 0 saturated heterocycles. The van der Waals surface area contributed by atoms with Gasteiger partial charge in [-0.1, -0.05) is 12.1 Å². The van der Waals surface area contributed by atoms with E-state index in [1.54, 1.807) is 26.4 Å². The van der Waals surface area contributed by atoms with Crippen molar-refractivity contribution >= 4 is 34.4 Å². The smallest absolute Gasteiger partial charge is 0.244 e. The molecule has 3 aromatic rings. The Morgan fingerprint density at radius 3 is 2.48 bits per heavy atom. The summed E-state index contributed by atoms with van der Waals surface area (Å²) in [6.07, 6.45) is 7.04. The molecule has 0 spiro atoms. The van der Waals surface area contributed by atoms with Gasteiger partial charge in [0.25, 0.3) is 0 Å². The van der Waals surface area contributed by atoms with E-state index in [1.807, 2.05) is 36.4 Å². The van der Waals surface area contributed by atoms with Crippen molar-refractivity contribution in [3.05, 3.63) is 54.4 Å². The number of nitrogens with one attached hydrogen (secondary N) is 2. The average Bonchev–Trinajstić information content (AvgIpc) is 3.56. The van der Waals surface area contributed by atoms with E-state index in [0.717, 1.165) is 35.0 Å². The Morgan fingerprint density at radius 2 is 1.79 bits per heavy atom. The Hall–Kier alpha value is -3.61. The van der Waals surface area contributed by atoms with Crippen LogP contribution in [0.5, 0.6) is 11.5 Å². The highest BCUT2D eigenvalue weighted by atomic mass is 16.5. The first-order valence-corrected chi connectivity index (χ1v) is 9.38. The summed E-state index contributed by atoms with van der Waals surface area (Å²) in [6.45, 7) is 0. The predicted molar refractivity (Wildman–Crippen MR) is 113 cm³/mol. The molecule has 1 heterocycles. The number of aromatic nitrogens is 2. The summed E-state index contributed by atoms with van der Waals surface area (Å²) in [5.74, 6) is 1.85. The number of hydrogen-bond acceptors (Lipinski definition) is 6. The molecule has 1 aromatic heterocycles. The van der Waals surface area contributed by atoms with Crippen LogP contribution in [0, 0.1) is 0 Å². The van der Waals surface area contributed by atoms with Gasteiger partial charge in [0.15, 0.2) is 11.5 Å². The average molecular weight is 390 g/mol. The van der Waals surface area contributed by atoms with Gasteiger partial charge in [-0.3, -0.25) is 4.79 Å². The van der Waals surface area contributed by atoms with Gasteiger partial charge in [0.2, 0.25) is 5.91 Å². The fraction of sp³-hybridized carbons (Fsp3) is 0.227. The molecule has 4 rings (SSSR count). The number of fused-ring (bicyclic) bond motifs is 1.